The second-order valence-electron chi connectivity index (χ2n) is 4.90. The van der Waals surface area contributed by atoms with Crippen molar-refractivity contribution in [1.29, 1.82) is 5.39 Å². The van der Waals surface area contributed by atoms with Crippen LogP contribution in [0.2, 0.25) is 0 Å². The largest absolute Gasteiger partial charge is 0.744 e. The lowest BCUT2D eigenvalue weighted by Gasteiger charge is -2.09. The number of hydrogen-bond donors (Lipinski definition) is 0. The topological polar surface area (TPSA) is 129 Å². The quantitative estimate of drug-likeness (QED) is 0.420. The second kappa shape index (κ2) is 8.57. The summed E-state index contributed by atoms with van der Waals surface area (Å²) in [4.78, 5) is 2.67. The molecule has 0 N–H and O–H groups in total. The normalized spacial score (nSPS) is 10.9. The Morgan fingerprint density at radius 2 is 1.65 bits per heavy atom. The van der Waals surface area contributed by atoms with Crippen LogP contribution in [0.15, 0.2) is 45.5 Å². The lowest BCUT2D eigenvalue weighted by atomic mass is 10.1. The van der Waals surface area contributed by atoms with E-state index >= 15 is 0 Å². The molecule has 0 fully saturated rings. The van der Waals surface area contributed by atoms with Crippen LogP contribution >= 0.6 is 12.4 Å². The van der Waals surface area contributed by atoms with Crippen LogP contribution in [-0.4, -0.2) is 27.2 Å². The monoisotopic (exact) mass is 398 g/mol. The van der Waals surface area contributed by atoms with Gasteiger partial charge in [0.15, 0.2) is 4.98 Å². The minimum absolute atomic E-state index is 0. The van der Waals surface area contributed by atoms with Crippen LogP contribution in [0.1, 0.15) is 5.56 Å². The number of benzene rings is 2. The summed E-state index contributed by atoms with van der Waals surface area (Å²) >= 11 is 0. The van der Waals surface area contributed by atoms with E-state index in [0.29, 0.717) is 11.3 Å². The zero-order chi connectivity index (χ0) is 18.6. The molecule has 0 aromatic heterocycles. The summed E-state index contributed by atoms with van der Waals surface area (Å²) in [6.07, 6.45) is 0. The minimum Gasteiger partial charge on any atom is -0.744 e. The van der Waals surface area contributed by atoms with Crippen LogP contribution in [0.3, 0.4) is 0 Å². The summed E-state index contributed by atoms with van der Waals surface area (Å²) in [5.74, 6) is 0.535. The highest BCUT2D eigenvalue weighted by atomic mass is 35.5. The lowest BCUT2D eigenvalue weighted by molar-refractivity contribution is 0.415. The van der Waals surface area contributed by atoms with Gasteiger partial charge in [-0.25, -0.2) is 8.42 Å². The van der Waals surface area contributed by atoms with Gasteiger partial charge in [-0.15, -0.1) is 17.5 Å². The maximum atomic E-state index is 11.1. The Hall–Kier alpha value is -2.74. The van der Waals surface area contributed by atoms with E-state index in [1.54, 1.807) is 13.0 Å². The SMILES string of the molecule is COc1ccc(S(=O)(=O)[O-])cc1N=Nc1cc(OC)c([N+]#N)cc1C.Cl. The van der Waals surface area contributed by atoms with Gasteiger partial charge < -0.3 is 14.0 Å². The molecular weight excluding hydrogens is 384 g/mol. The van der Waals surface area contributed by atoms with Crippen molar-refractivity contribution in [1.82, 2.24) is 0 Å². The molecule has 0 saturated carbocycles. The van der Waals surface area contributed by atoms with Gasteiger partial charge in [0.05, 0.1) is 24.8 Å². The first-order valence-corrected chi connectivity index (χ1v) is 8.30. The molecule has 0 radical (unpaired) electrons. The molecule has 0 spiro atoms. The molecule has 2 rings (SSSR count). The summed E-state index contributed by atoms with van der Waals surface area (Å²) in [6, 6.07) is 6.58. The first-order valence-electron chi connectivity index (χ1n) is 6.89. The van der Waals surface area contributed by atoms with E-state index < -0.39 is 15.0 Å². The Kier molecular flexibility index (Phi) is 7.02. The van der Waals surface area contributed by atoms with E-state index in [1.165, 1.54) is 26.4 Å². The van der Waals surface area contributed by atoms with E-state index in [4.69, 9.17) is 14.9 Å². The molecule has 0 amide bonds. The van der Waals surface area contributed by atoms with Gasteiger partial charge in [-0.2, -0.15) is 5.11 Å². The van der Waals surface area contributed by atoms with Gasteiger partial charge in [0, 0.05) is 12.1 Å². The van der Waals surface area contributed by atoms with E-state index in [-0.39, 0.29) is 35.3 Å². The number of aryl methyl sites for hydroxylation is 1. The second-order valence-corrected chi connectivity index (χ2v) is 6.28. The Morgan fingerprint density at radius 1 is 1.04 bits per heavy atom. The highest BCUT2D eigenvalue weighted by Crippen LogP contribution is 2.37. The number of azo groups is 1. The Balaban J connectivity index is 0.00000338. The van der Waals surface area contributed by atoms with Crippen molar-refractivity contribution in [2.24, 2.45) is 10.2 Å². The number of halogens is 1. The van der Waals surface area contributed by atoms with Crippen molar-refractivity contribution >= 4 is 39.6 Å². The fourth-order valence-corrected chi connectivity index (χ4v) is 2.51. The van der Waals surface area contributed by atoms with Crippen molar-refractivity contribution in [2.75, 3.05) is 14.2 Å². The first-order chi connectivity index (χ1) is 11.8. The van der Waals surface area contributed by atoms with Crippen molar-refractivity contribution in [3.63, 3.8) is 0 Å². The molecule has 0 saturated heterocycles. The van der Waals surface area contributed by atoms with Crippen molar-refractivity contribution in [3.05, 3.63) is 40.9 Å². The molecule has 138 valence electrons. The molecule has 2 aromatic rings. The molecule has 9 nitrogen and oxygen atoms in total. The molecule has 0 unspecified atom stereocenters. The molecule has 0 aliphatic carbocycles. The third-order valence-electron chi connectivity index (χ3n) is 3.31. The maximum absolute atomic E-state index is 11.1. The summed E-state index contributed by atoms with van der Waals surface area (Å²) in [6.45, 7) is 1.72. The van der Waals surface area contributed by atoms with E-state index in [9.17, 15) is 13.0 Å². The van der Waals surface area contributed by atoms with Crippen molar-refractivity contribution in [3.8, 4) is 11.5 Å². The predicted molar refractivity (Wildman–Crippen MR) is 94.9 cm³/mol. The molecule has 11 heteroatoms. The fourth-order valence-electron chi connectivity index (χ4n) is 2.02. The Morgan fingerprint density at radius 3 is 2.19 bits per heavy atom. The number of hydrogen-bond acceptors (Lipinski definition) is 8. The Labute approximate surface area is 156 Å². The minimum atomic E-state index is -4.63. The van der Waals surface area contributed by atoms with Crippen molar-refractivity contribution in [2.45, 2.75) is 11.8 Å². The average Bonchev–Trinajstić information content (AvgIpc) is 2.59. The third-order valence-corrected chi connectivity index (χ3v) is 4.14. The van der Waals surface area contributed by atoms with E-state index in [1.807, 2.05) is 0 Å². The van der Waals surface area contributed by atoms with Gasteiger partial charge in [0.25, 0.3) is 0 Å². The number of nitrogens with zero attached hydrogens (tertiary/aromatic N) is 4. The van der Waals surface area contributed by atoms with Gasteiger partial charge in [0.2, 0.25) is 11.1 Å². The highest BCUT2D eigenvalue weighted by Gasteiger charge is 2.17. The molecule has 0 aliphatic heterocycles. The molecular formula is C15H15ClN4O5S. The summed E-state index contributed by atoms with van der Waals surface area (Å²) in [7, 11) is -1.84. The predicted octanol–water partition coefficient (Wildman–Crippen LogP) is 4.24. The van der Waals surface area contributed by atoms with Crippen molar-refractivity contribution < 1.29 is 22.4 Å². The molecule has 0 heterocycles. The molecule has 0 bridgehead atoms. The van der Waals surface area contributed by atoms with Gasteiger partial charge in [0.1, 0.15) is 21.6 Å². The van der Waals surface area contributed by atoms with Crippen LogP contribution < -0.4 is 9.47 Å². The van der Waals surface area contributed by atoms with Crippen LogP contribution in [0.25, 0.3) is 4.98 Å². The first kappa shape index (κ1) is 21.3. The summed E-state index contributed by atoms with van der Waals surface area (Å²) in [5.41, 5.74) is 1.36. The third kappa shape index (κ3) is 4.66. The smallest absolute Gasteiger partial charge is 0.426 e. The van der Waals surface area contributed by atoms with E-state index in [2.05, 4.69) is 15.2 Å². The van der Waals surface area contributed by atoms with Crippen LogP contribution in [0.4, 0.5) is 17.1 Å². The summed E-state index contributed by atoms with van der Waals surface area (Å²) < 4.78 is 43.6. The van der Waals surface area contributed by atoms with Crippen LogP contribution in [-0.2, 0) is 10.1 Å². The average molecular weight is 399 g/mol. The maximum Gasteiger partial charge on any atom is 0.426 e. The highest BCUT2D eigenvalue weighted by molar-refractivity contribution is 7.85. The van der Waals surface area contributed by atoms with Gasteiger partial charge in [-0.3, -0.25) is 0 Å². The van der Waals surface area contributed by atoms with E-state index in [0.717, 1.165) is 12.1 Å². The number of ether oxygens (including phenoxy) is 2. The fraction of sp³-hybridized carbons (Fsp3) is 0.200. The number of methoxy groups -OCH3 is 2. The number of diazo groups is 1. The van der Waals surface area contributed by atoms with Crippen LogP contribution in [0, 0.1) is 12.3 Å². The zero-order valence-corrected chi connectivity index (χ0v) is 15.7. The van der Waals surface area contributed by atoms with Gasteiger partial charge in [-0.05, 0) is 30.7 Å². The molecule has 0 aliphatic rings. The summed E-state index contributed by atoms with van der Waals surface area (Å²) in [5, 5.41) is 16.9. The van der Waals surface area contributed by atoms with Gasteiger partial charge in [-0.1, -0.05) is 0 Å². The molecule has 26 heavy (non-hydrogen) atoms. The lowest BCUT2D eigenvalue weighted by Crippen LogP contribution is -1.98. The number of rotatable bonds is 5. The standard InChI is InChI=1S/C15H14N4O5S.ClH/c1-9-6-12(17-16)15(24-3)8-11(9)18-19-13-7-10(25(20,21)22)4-5-14(13)23-2;/h4-8H,1-3H3;1H. The molecule has 2 aromatic carbocycles. The van der Waals surface area contributed by atoms with Gasteiger partial charge >= 0.3 is 5.69 Å². The van der Waals surface area contributed by atoms with Crippen LogP contribution in [0.5, 0.6) is 11.5 Å². The molecule has 0 atom stereocenters. The zero-order valence-electron chi connectivity index (χ0n) is 14.0. The Bertz CT molecular complexity index is 986.